The van der Waals surface area contributed by atoms with Gasteiger partial charge < -0.3 is 20.7 Å². The van der Waals surface area contributed by atoms with Gasteiger partial charge >= 0.3 is 6.03 Å². The van der Waals surface area contributed by atoms with Gasteiger partial charge in [0.2, 0.25) is 0 Å². The first-order valence-corrected chi connectivity index (χ1v) is 10.1. The third-order valence-corrected chi connectivity index (χ3v) is 5.35. The molecule has 0 unspecified atom stereocenters. The Morgan fingerprint density at radius 1 is 1.50 bits per heavy atom. The fourth-order valence-electron chi connectivity index (χ4n) is 3.23. The number of rotatable bonds is 4. The van der Waals surface area contributed by atoms with Crippen molar-refractivity contribution in [3.8, 4) is 5.75 Å². The normalized spacial score (nSPS) is 22.5. The lowest BCUT2D eigenvalue weighted by atomic mass is 10.0. The number of amidine groups is 1. The van der Waals surface area contributed by atoms with Gasteiger partial charge in [0, 0.05) is 13.1 Å². The number of anilines is 1. The largest absolute Gasteiger partial charge is 0.491 e. The Kier molecular flexibility index (Phi) is 5.44. The number of likely N-dealkylation sites (tertiary alicyclic amines) is 1. The second kappa shape index (κ2) is 7.60. The standard InChI is InChI=1S/C16H25N5O4S/c1-2-18-16(22)21-9-4-3-6-11(21)10-25-13-8-5-7-12-14(13)15(17)20-26(23,24)19-12/h5,7-8,11,19,23-24H,2-4,6,9-10H2,1H3,(H2,17,20)(H,18,22)/t11-/m1/s1. The zero-order valence-electron chi connectivity index (χ0n) is 14.6. The first kappa shape index (κ1) is 18.6. The molecule has 0 spiro atoms. The molecule has 2 aliphatic heterocycles. The highest BCUT2D eigenvalue weighted by atomic mass is 32.3. The summed E-state index contributed by atoms with van der Waals surface area (Å²) in [6, 6.07) is 5.06. The van der Waals surface area contributed by atoms with Gasteiger partial charge in [-0.1, -0.05) is 6.07 Å². The molecule has 2 heterocycles. The van der Waals surface area contributed by atoms with E-state index < -0.39 is 11.0 Å². The predicted octanol–water partition coefficient (Wildman–Crippen LogP) is 2.36. The van der Waals surface area contributed by atoms with Gasteiger partial charge in [0.25, 0.3) is 0 Å². The van der Waals surface area contributed by atoms with Crippen LogP contribution < -0.4 is 20.5 Å². The van der Waals surface area contributed by atoms with E-state index in [1.807, 2.05) is 11.8 Å². The van der Waals surface area contributed by atoms with Crippen molar-refractivity contribution in [3.63, 3.8) is 0 Å². The van der Waals surface area contributed by atoms with Crippen molar-refractivity contribution in [1.29, 1.82) is 0 Å². The zero-order valence-corrected chi connectivity index (χ0v) is 15.5. The van der Waals surface area contributed by atoms with E-state index in [-0.39, 0.29) is 17.9 Å². The summed E-state index contributed by atoms with van der Waals surface area (Å²) in [5.74, 6) is 0.506. The average molecular weight is 383 g/mol. The molecule has 0 radical (unpaired) electrons. The highest BCUT2D eigenvalue weighted by Crippen LogP contribution is 2.46. The molecule has 0 aliphatic carbocycles. The molecule has 1 aromatic carbocycles. The van der Waals surface area contributed by atoms with Crippen LogP contribution in [-0.2, 0) is 0 Å². The lowest BCUT2D eigenvalue weighted by Gasteiger charge is -2.36. The van der Waals surface area contributed by atoms with Gasteiger partial charge in [0.05, 0.1) is 17.3 Å². The van der Waals surface area contributed by atoms with Gasteiger partial charge in [0.15, 0.2) is 5.84 Å². The predicted molar refractivity (Wildman–Crippen MR) is 103 cm³/mol. The maximum atomic E-state index is 12.2. The van der Waals surface area contributed by atoms with E-state index >= 15 is 0 Å². The Labute approximate surface area is 154 Å². The van der Waals surface area contributed by atoms with Crippen LogP contribution in [0.5, 0.6) is 5.75 Å². The van der Waals surface area contributed by atoms with Crippen LogP contribution in [0.1, 0.15) is 31.7 Å². The topological polar surface area (TPSA) is 132 Å². The Morgan fingerprint density at radius 2 is 2.31 bits per heavy atom. The summed E-state index contributed by atoms with van der Waals surface area (Å²) in [4.78, 5) is 14.0. The molecular weight excluding hydrogens is 358 g/mol. The van der Waals surface area contributed by atoms with Crippen molar-refractivity contribution in [2.45, 2.75) is 32.2 Å². The second-order valence-corrected chi connectivity index (χ2v) is 7.69. The van der Waals surface area contributed by atoms with Crippen molar-refractivity contribution < 1.29 is 18.6 Å². The Balaban J connectivity index is 1.75. The molecule has 144 valence electrons. The molecule has 1 aromatic rings. The van der Waals surface area contributed by atoms with Gasteiger partial charge in [-0.2, -0.15) is 0 Å². The van der Waals surface area contributed by atoms with Gasteiger partial charge in [0.1, 0.15) is 12.4 Å². The van der Waals surface area contributed by atoms with Crippen molar-refractivity contribution in [3.05, 3.63) is 23.8 Å². The maximum Gasteiger partial charge on any atom is 0.317 e. The fraction of sp³-hybridized carbons (Fsp3) is 0.500. The molecule has 0 saturated carbocycles. The van der Waals surface area contributed by atoms with E-state index in [0.717, 1.165) is 19.3 Å². The van der Waals surface area contributed by atoms with E-state index in [4.69, 9.17) is 10.5 Å². The summed E-state index contributed by atoms with van der Waals surface area (Å²) < 4.78 is 31.7. The molecule has 2 aliphatic rings. The van der Waals surface area contributed by atoms with Crippen molar-refractivity contribution in [2.24, 2.45) is 10.1 Å². The van der Waals surface area contributed by atoms with E-state index in [2.05, 4.69) is 14.4 Å². The van der Waals surface area contributed by atoms with Crippen LogP contribution in [-0.4, -0.2) is 51.6 Å². The molecule has 26 heavy (non-hydrogen) atoms. The van der Waals surface area contributed by atoms with Gasteiger partial charge in [-0.3, -0.25) is 13.8 Å². The van der Waals surface area contributed by atoms with Crippen LogP contribution in [0.4, 0.5) is 10.5 Å². The highest BCUT2D eigenvalue weighted by molar-refractivity contribution is 8.24. The second-order valence-electron chi connectivity index (χ2n) is 6.27. The summed E-state index contributed by atoms with van der Waals surface area (Å²) in [7, 11) is -3.33. The number of piperidine rings is 1. The quantitative estimate of drug-likeness (QED) is 0.542. The molecule has 1 atom stereocenters. The number of hydrogen-bond acceptors (Lipinski definition) is 7. The first-order valence-electron chi connectivity index (χ1n) is 8.63. The number of hydrogen-bond donors (Lipinski definition) is 5. The van der Waals surface area contributed by atoms with Gasteiger partial charge in [-0.25, -0.2) is 4.79 Å². The summed E-state index contributed by atoms with van der Waals surface area (Å²) in [6.07, 6.45) is 2.90. The average Bonchev–Trinajstić information content (AvgIpc) is 2.59. The molecule has 2 amide bonds. The summed E-state index contributed by atoms with van der Waals surface area (Å²) in [5, 5.41) is 2.84. The summed E-state index contributed by atoms with van der Waals surface area (Å²) in [6.45, 7) is 3.51. The van der Waals surface area contributed by atoms with E-state index in [0.29, 0.717) is 36.7 Å². The van der Waals surface area contributed by atoms with Gasteiger partial charge in [-0.15, -0.1) is 4.40 Å². The molecule has 0 bridgehead atoms. The number of ether oxygens (including phenoxy) is 1. The molecule has 9 nitrogen and oxygen atoms in total. The molecule has 1 fully saturated rings. The van der Waals surface area contributed by atoms with Crippen molar-refractivity contribution in [1.82, 2.24) is 10.2 Å². The Morgan fingerprint density at radius 3 is 3.08 bits per heavy atom. The monoisotopic (exact) mass is 383 g/mol. The number of nitrogens with zero attached hydrogens (tertiary/aromatic N) is 2. The number of amides is 2. The third kappa shape index (κ3) is 3.97. The highest BCUT2D eigenvalue weighted by Gasteiger charge is 2.29. The van der Waals surface area contributed by atoms with Crippen LogP contribution in [0.2, 0.25) is 0 Å². The van der Waals surface area contributed by atoms with Crippen molar-refractivity contribution >= 4 is 28.5 Å². The molecule has 6 N–H and O–H groups in total. The number of benzene rings is 1. The SMILES string of the molecule is CCNC(=O)N1CCCC[C@@H]1COc1cccc2c1C(N)=NS(O)(O)N2. The van der Waals surface area contributed by atoms with E-state index in [9.17, 15) is 13.9 Å². The van der Waals surface area contributed by atoms with E-state index in [1.165, 1.54) is 0 Å². The van der Waals surface area contributed by atoms with Crippen molar-refractivity contribution in [2.75, 3.05) is 24.4 Å². The minimum atomic E-state index is -3.33. The smallest absolute Gasteiger partial charge is 0.317 e. The summed E-state index contributed by atoms with van der Waals surface area (Å²) >= 11 is 0. The first-order chi connectivity index (χ1) is 12.4. The van der Waals surface area contributed by atoms with Crippen LogP contribution in [0.25, 0.3) is 0 Å². The minimum absolute atomic E-state index is 0.0126. The number of carbonyl (C=O) groups excluding carboxylic acids is 1. The fourth-order valence-corrected chi connectivity index (χ4v) is 4.11. The Hall–Kier alpha value is -2.17. The van der Waals surface area contributed by atoms with Crippen LogP contribution >= 0.6 is 11.0 Å². The number of carbonyl (C=O) groups is 1. The van der Waals surface area contributed by atoms with Gasteiger partial charge in [-0.05, 0) is 49.3 Å². The molecular formula is C16H25N5O4S. The minimum Gasteiger partial charge on any atom is -0.491 e. The number of fused-ring (bicyclic) bond motifs is 1. The summed E-state index contributed by atoms with van der Waals surface area (Å²) in [5.41, 5.74) is 6.86. The third-order valence-electron chi connectivity index (χ3n) is 4.40. The maximum absolute atomic E-state index is 12.2. The molecule has 1 saturated heterocycles. The van der Waals surface area contributed by atoms with E-state index in [1.54, 1.807) is 18.2 Å². The van der Waals surface area contributed by atoms with Crippen LogP contribution in [0, 0.1) is 0 Å². The molecule has 0 aromatic heterocycles. The zero-order chi connectivity index (χ0) is 18.7. The molecule has 10 heteroatoms. The van der Waals surface area contributed by atoms with Crippen LogP contribution in [0.3, 0.4) is 0 Å². The molecule has 3 rings (SSSR count). The Bertz CT molecular complexity index is 712. The lowest BCUT2D eigenvalue weighted by Crippen LogP contribution is -2.50. The van der Waals surface area contributed by atoms with Crippen LogP contribution in [0.15, 0.2) is 22.6 Å². The lowest BCUT2D eigenvalue weighted by molar-refractivity contribution is 0.116. The number of nitrogens with one attached hydrogen (secondary N) is 2. The number of nitrogens with two attached hydrogens (primary N) is 1. The number of urea groups is 1.